The number of hydrogen-bond acceptors (Lipinski definition) is 5. The summed E-state index contributed by atoms with van der Waals surface area (Å²) in [5, 5.41) is 16.6. The minimum Gasteiger partial charge on any atom is -0.483 e. The normalized spacial score (nSPS) is 21.3. The average molecular weight is 319 g/mol. The molecule has 0 amide bonds. The summed E-state index contributed by atoms with van der Waals surface area (Å²) in [6.07, 6.45) is -0.645. The van der Waals surface area contributed by atoms with Crippen molar-refractivity contribution in [3.8, 4) is 5.75 Å². The standard InChI is InChI=1S/C13H17F2NO3.CH2O2/c1-18-12-8-16(7-11(12)17)6-9-2-4-10(5-3-9)19-13(14)15;2-1-3/h2-5,11-13,17H,6-8H2,1H3;1H,(H,2,3)/t11-,12-;/m0./s1. The predicted molar refractivity (Wildman–Crippen MR) is 73.8 cm³/mol. The zero-order chi connectivity index (χ0) is 16.5. The predicted octanol–water partition coefficient (Wildman–Crippen LogP) is 1.18. The van der Waals surface area contributed by atoms with Crippen LogP contribution < -0.4 is 4.74 Å². The number of carbonyl (C=O) groups is 1. The van der Waals surface area contributed by atoms with Crippen molar-refractivity contribution in [3.63, 3.8) is 0 Å². The SMILES string of the molecule is CO[C@H]1CN(Cc2ccc(OC(F)F)cc2)C[C@@H]1O.O=CO. The van der Waals surface area contributed by atoms with Crippen molar-refractivity contribution in [2.24, 2.45) is 0 Å². The van der Waals surface area contributed by atoms with Crippen molar-refractivity contribution in [3.05, 3.63) is 29.8 Å². The van der Waals surface area contributed by atoms with Crippen LogP contribution in [0.3, 0.4) is 0 Å². The quantitative estimate of drug-likeness (QED) is 0.794. The molecule has 0 aliphatic carbocycles. The van der Waals surface area contributed by atoms with Gasteiger partial charge in [0.1, 0.15) is 5.75 Å². The van der Waals surface area contributed by atoms with Crippen LogP contribution >= 0.6 is 0 Å². The van der Waals surface area contributed by atoms with Crippen LogP contribution in [0.2, 0.25) is 0 Å². The highest BCUT2D eigenvalue weighted by Crippen LogP contribution is 2.19. The number of likely N-dealkylation sites (tertiary alicyclic amines) is 1. The lowest BCUT2D eigenvalue weighted by Gasteiger charge is -2.15. The number of carboxylic acid groups (broad SMARTS) is 1. The molecule has 0 aromatic heterocycles. The van der Waals surface area contributed by atoms with E-state index in [1.807, 2.05) is 0 Å². The van der Waals surface area contributed by atoms with Gasteiger partial charge in [-0.25, -0.2) is 0 Å². The van der Waals surface area contributed by atoms with E-state index < -0.39 is 12.7 Å². The Kier molecular flexibility index (Phi) is 7.72. The second kappa shape index (κ2) is 9.29. The molecule has 1 saturated heterocycles. The molecule has 0 saturated carbocycles. The van der Waals surface area contributed by atoms with Crippen molar-refractivity contribution in [1.82, 2.24) is 4.90 Å². The Morgan fingerprint density at radius 1 is 1.36 bits per heavy atom. The number of aliphatic hydroxyl groups excluding tert-OH is 1. The number of methoxy groups -OCH3 is 1. The van der Waals surface area contributed by atoms with Gasteiger partial charge in [0.05, 0.1) is 12.2 Å². The zero-order valence-corrected chi connectivity index (χ0v) is 12.1. The van der Waals surface area contributed by atoms with E-state index in [1.54, 1.807) is 19.2 Å². The van der Waals surface area contributed by atoms with Crippen LogP contribution in [0, 0.1) is 0 Å². The van der Waals surface area contributed by atoms with Gasteiger partial charge >= 0.3 is 6.61 Å². The number of ether oxygens (including phenoxy) is 2. The Labute approximate surface area is 126 Å². The van der Waals surface area contributed by atoms with Crippen molar-refractivity contribution in [2.45, 2.75) is 25.4 Å². The van der Waals surface area contributed by atoms with Crippen LogP contribution in [0.4, 0.5) is 8.78 Å². The number of benzene rings is 1. The molecule has 1 aliphatic rings. The van der Waals surface area contributed by atoms with Crippen LogP contribution in [0.5, 0.6) is 5.75 Å². The second-order valence-corrected chi connectivity index (χ2v) is 4.66. The summed E-state index contributed by atoms with van der Waals surface area (Å²) in [6, 6.07) is 6.51. The maximum Gasteiger partial charge on any atom is 0.387 e. The molecule has 0 radical (unpaired) electrons. The number of rotatable bonds is 5. The lowest BCUT2D eigenvalue weighted by Crippen LogP contribution is -2.25. The van der Waals surface area contributed by atoms with Gasteiger partial charge in [-0.15, -0.1) is 0 Å². The fraction of sp³-hybridized carbons (Fsp3) is 0.500. The molecule has 6 nitrogen and oxygen atoms in total. The van der Waals surface area contributed by atoms with E-state index in [1.165, 1.54) is 12.1 Å². The number of hydrogen-bond donors (Lipinski definition) is 2. The maximum atomic E-state index is 12.0. The molecule has 0 spiro atoms. The molecular weight excluding hydrogens is 300 g/mol. The molecule has 2 rings (SSSR count). The summed E-state index contributed by atoms with van der Waals surface area (Å²) in [7, 11) is 1.58. The first-order valence-corrected chi connectivity index (χ1v) is 6.55. The van der Waals surface area contributed by atoms with Gasteiger partial charge in [-0.05, 0) is 17.7 Å². The Balaban J connectivity index is 0.000000745. The highest BCUT2D eigenvalue weighted by atomic mass is 19.3. The minimum atomic E-state index is -2.80. The van der Waals surface area contributed by atoms with Gasteiger partial charge in [0.2, 0.25) is 0 Å². The summed E-state index contributed by atoms with van der Waals surface area (Å²) in [5.74, 6) is 0.148. The molecule has 0 bridgehead atoms. The molecule has 124 valence electrons. The molecule has 1 heterocycles. The smallest absolute Gasteiger partial charge is 0.387 e. The Hall–Kier alpha value is -1.77. The molecule has 22 heavy (non-hydrogen) atoms. The van der Waals surface area contributed by atoms with Crippen LogP contribution in [0.1, 0.15) is 5.56 Å². The summed E-state index contributed by atoms with van der Waals surface area (Å²) >= 11 is 0. The van der Waals surface area contributed by atoms with E-state index in [-0.39, 0.29) is 18.3 Å². The molecule has 1 aromatic rings. The summed E-state index contributed by atoms with van der Waals surface area (Å²) in [5.41, 5.74) is 0.977. The van der Waals surface area contributed by atoms with Crippen LogP contribution in [-0.2, 0) is 16.1 Å². The van der Waals surface area contributed by atoms with E-state index in [4.69, 9.17) is 14.6 Å². The first kappa shape index (κ1) is 18.3. The molecular formula is C14H19F2NO5. The number of aliphatic hydroxyl groups is 1. The topological polar surface area (TPSA) is 79.2 Å². The first-order chi connectivity index (χ1) is 10.5. The number of halogens is 2. The maximum absolute atomic E-state index is 12.0. The second-order valence-electron chi connectivity index (χ2n) is 4.66. The van der Waals surface area contributed by atoms with Crippen molar-refractivity contribution < 1.29 is 33.3 Å². The molecule has 0 unspecified atom stereocenters. The monoisotopic (exact) mass is 319 g/mol. The van der Waals surface area contributed by atoms with Gasteiger partial charge in [0.15, 0.2) is 0 Å². The van der Waals surface area contributed by atoms with Crippen LogP contribution in [-0.4, -0.2) is 60.6 Å². The zero-order valence-electron chi connectivity index (χ0n) is 12.1. The van der Waals surface area contributed by atoms with E-state index in [0.29, 0.717) is 19.6 Å². The molecule has 1 aromatic carbocycles. The lowest BCUT2D eigenvalue weighted by atomic mass is 10.2. The van der Waals surface area contributed by atoms with E-state index in [0.717, 1.165) is 5.56 Å². The van der Waals surface area contributed by atoms with Crippen molar-refractivity contribution in [2.75, 3.05) is 20.2 Å². The summed E-state index contributed by atoms with van der Waals surface area (Å²) in [4.78, 5) is 10.4. The first-order valence-electron chi connectivity index (χ1n) is 6.55. The number of nitrogens with zero attached hydrogens (tertiary/aromatic N) is 1. The van der Waals surface area contributed by atoms with Gasteiger partial charge in [0.25, 0.3) is 6.47 Å². The fourth-order valence-electron chi connectivity index (χ4n) is 2.23. The minimum absolute atomic E-state index is 0.148. The third kappa shape index (κ3) is 5.92. The van der Waals surface area contributed by atoms with Gasteiger partial charge in [-0.3, -0.25) is 9.69 Å². The molecule has 1 aliphatic heterocycles. The third-order valence-corrected chi connectivity index (χ3v) is 3.17. The number of β-amino-alcohol motifs (C(OH)–C–C–N with tert-alkyl or cyclic N) is 1. The highest BCUT2D eigenvalue weighted by molar-refractivity contribution is 5.32. The Morgan fingerprint density at radius 3 is 2.41 bits per heavy atom. The van der Waals surface area contributed by atoms with Crippen molar-refractivity contribution in [1.29, 1.82) is 0 Å². The van der Waals surface area contributed by atoms with Gasteiger partial charge in [-0.2, -0.15) is 8.78 Å². The fourth-order valence-corrected chi connectivity index (χ4v) is 2.23. The average Bonchev–Trinajstić information content (AvgIpc) is 2.81. The molecule has 1 fully saturated rings. The largest absolute Gasteiger partial charge is 0.483 e. The third-order valence-electron chi connectivity index (χ3n) is 3.17. The molecule has 2 N–H and O–H groups in total. The lowest BCUT2D eigenvalue weighted by molar-refractivity contribution is -0.122. The van der Waals surface area contributed by atoms with E-state index in [9.17, 15) is 13.9 Å². The van der Waals surface area contributed by atoms with Gasteiger partial charge in [0, 0.05) is 26.7 Å². The summed E-state index contributed by atoms with van der Waals surface area (Å²) < 4.78 is 33.4. The van der Waals surface area contributed by atoms with Crippen LogP contribution in [0.15, 0.2) is 24.3 Å². The Bertz CT molecular complexity index is 443. The van der Waals surface area contributed by atoms with Gasteiger partial charge in [-0.1, -0.05) is 12.1 Å². The highest BCUT2D eigenvalue weighted by Gasteiger charge is 2.30. The van der Waals surface area contributed by atoms with Crippen LogP contribution in [0.25, 0.3) is 0 Å². The van der Waals surface area contributed by atoms with Crippen molar-refractivity contribution >= 4 is 6.47 Å². The molecule has 8 heteroatoms. The molecule has 2 atom stereocenters. The van der Waals surface area contributed by atoms with E-state index >= 15 is 0 Å². The summed E-state index contributed by atoms with van der Waals surface area (Å²) in [6.45, 7) is -1.20. The number of alkyl halides is 2. The van der Waals surface area contributed by atoms with Gasteiger partial charge < -0.3 is 19.7 Å². The van der Waals surface area contributed by atoms with E-state index in [2.05, 4.69) is 9.64 Å². The Morgan fingerprint density at radius 2 is 1.95 bits per heavy atom.